The first-order valence-electron chi connectivity index (χ1n) is 1.90. The van der Waals surface area contributed by atoms with E-state index in [0.717, 1.165) is 4.68 Å². The van der Waals surface area contributed by atoms with Crippen molar-refractivity contribution in [2.24, 2.45) is 0 Å². The molecule has 44 valence electrons. The molecule has 0 atom stereocenters. The van der Waals surface area contributed by atoms with Gasteiger partial charge in [-0.2, -0.15) is 4.68 Å². The van der Waals surface area contributed by atoms with Gasteiger partial charge in [-0.05, 0) is 10.4 Å². The maximum Gasteiger partial charge on any atom is 0.208 e. The minimum atomic E-state index is -0.230. The third-order valence-electron chi connectivity index (χ3n) is 0.647. The first-order valence-corrected chi connectivity index (χ1v) is 2.35. The van der Waals surface area contributed by atoms with Crippen molar-refractivity contribution < 1.29 is 5.11 Å². The molecule has 0 aromatic carbocycles. The van der Waals surface area contributed by atoms with Crippen LogP contribution in [0.15, 0.2) is 5.16 Å². The third kappa shape index (κ3) is 0.797. The molecular formula is C2H4N4OS. The fourth-order valence-electron chi connectivity index (χ4n) is 0.291. The topological polar surface area (TPSA) is 63.8 Å². The Labute approximate surface area is 50.7 Å². The van der Waals surface area contributed by atoms with Crippen molar-refractivity contribution in [3.05, 3.63) is 0 Å². The van der Waals surface area contributed by atoms with Crippen LogP contribution in [-0.2, 0) is 6.73 Å². The van der Waals surface area contributed by atoms with Crippen LogP contribution in [0, 0.1) is 0 Å². The van der Waals surface area contributed by atoms with Crippen LogP contribution < -0.4 is 0 Å². The Hall–Kier alpha value is -0.620. The van der Waals surface area contributed by atoms with E-state index in [1.54, 1.807) is 0 Å². The quantitative estimate of drug-likeness (QED) is 0.477. The SMILES string of the molecule is OCn1nnnc1S. The average Bonchev–Trinajstić information content (AvgIpc) is 2.14. The summed E-state index contributed by atoms with van der Waals surface area (Å²) < 4.78 is 1.16. The highest BCUT2D eigenvalue weighted by Gasteiger charge is 1.94. The van der Waals surface area contributed by atoms with E-state index in [4.69, 9.17) is 5.11 Å². The zero-order valence-electron chi connectivity index (χ0n) is 3.89. The van der Waals surface area contributed by atoms with E-state index >= 15 is 0 Å². The van der Waals surface area contributed by atoms with E-state index in [0.29, 0.717) is 5.16 Å². The summed E-state index contributed by atoms with van der Waals surface area (Å²) in [7, 11) is 0. The summed E-state index contributed by atoms with van der Waals surface area (Å²) in [4.78, 5) is 0. The predicted octanol–water partition coefficient (Wildman–Crippen LogP) is -1.09. The van der Waals surface area contributed by atoms with Crippen LogP contribution in [0.1, 0.15) is 0 Å². The summed E-state index contributed by atoms with van der Waals surface area (Å²) in [5, 5.41) is 18.7. The number of aromatic nitrogens is 4. The first-order chi connectivity index (χ1) is 3.84. The molecule has 1 N–H and O–H groups in total. The van der Waals surface area contributed by atoms with Gasteiger partial charge in [-0.1, -0.05) is 0 Å². The van der Waals surface area contributed by atoms with E-state index in [9.17, 15) is 0 Å². The van der Waals surface area contributed by atoms with Crippen molar-refractivity contribution in [1.29, 1.82) is 0 Å². The molecule has 0 saturated heterocycles. The second kappa shape index (κ2) is 2.10. The van der Waals surface area contributed by atoms with Gasteiger partial charge in [0.2, 0.25) is 5.16 Å². The van der Waals surface area contributed by atoms with Gasteiger partial charge in [-0.25, -0.2) is 0 Å². The molecule has 0 unspecified atom stereocenters. The van der Waals surface area contributed by atoms with E-state index in [1.807, 2.05) is 0 Å². The summed E-state index contributed by atoms with van der Waals surface area (Å²) in [6.45, 7) is -0.230. The van der Waals surface area contributed by atoms with Gasteiger partial charge in [-0.15, -0.1) is 17.7 Å². The van der Waals surface area contributed by atoms with Crippen molar-refractivity contribution in [2.45, 2.75) is 11.9 Å². The Morgan fingerprint density at radius 1 is 1.75 bits per heavy atom. The molecule has 0 aliphatic heterocycles. The molecule has 0 fully saturated rings. The smallest absolute Gasteiger partial charge is 0.208 e. The molecule has 1 aromatic rings. The average molecular weight is 132 g/mol. The number of aliphatic hydroxyl groups is 1. The van der Waals surface area contributed by atoms with Crippen LogP contribution in [0.2, 0.25) is 0 Å². The molecule has 1 rings (SSSR count). The summed E-state index contributed by atoms with van der Waals surface area (Å²) in [6.07, 6.45) is 0. The number of aliphatic hydroxyl groups excluding tert-OH is 1. The minimum absolute atomic E-state index is 0.230. The van der Waals surface area contributed by atoms with E-state index < -0.39 is 0 Å². The summed E-state index contributed by atoms with van der Waals surface area (Å²) >= 11 is 3.80. The summed E-state index contributed by atoms with van der Waals surface area (Å²) in [6, 6.07) is 0. The molecule has 0 radical (unpaired) electrons. The molecule has 0 amide bonds. The molecule has 5 nitrogen and oxygen atoms in total. The summed E-state index contributed by atoms with van der Waals surface area (Å²) in [5.41, 5.74) is 0. The first kappa shape index (κ1) is 5.52. The van der Waals surface area contributed by atoms with E-state index in [-0.39, 0.29) is 6.73 Å². The van der Waals surface area contributed by atoms with Gasteiger partial charge in [0.25, 0.3) is 0 Å². The molecule has 1 heterocycles. The number of nitrogens with zero attached hydrogens (tertiary/aromatic N) is 4. The van der Waals surface area contributed by atoms with Crippen molar-refractivity contribution in [3.8, 4) is 0 Å². The van der Waals surface area contributed by atoms with Crippen LogP contribution in [0.5, 0.6) is 0 Å². The lowest BCUT2D eigenvalue weighted by molar-refractivity contribution is 0.182. The zero-order chi connectivity index (χ0) is 5.98. The van der Waals surface area contributed by atoms with Crippen LogP contribution >= 0.6 is 12.6 Å². The van der Waals surface area contributed by atoms with E-state index in [2.05, 4.69) is 28.2 Å². The van der Waals surface area contributed by atoms with Crippen LogP contribution in [0.3, 0.4) is 0 Å². The van der Waals surface area contributed by atoms with Gasteiger partial charge in [0.1, 0.15) is 6.73 Å². The fourth-order valence-corrected chi connectivity index (χ4v) is 0.435. The van der Waals surface area contributed by atoms with Gasteiger partial charge in [0.15, 0.2) is 0 Å². The number of thiol groups is 1. The zero-order valence-corrected chi connectivity index (χ0v) is 4.78. The Morgan fingerprint density at radius 2 is 2.50 bits per heavy atom. The van der Waals surface area contributed by atoms with Crippen molar-refractivity contribution in [1.82, 2.24) is 20.2 Å². The molecule has 1 aromatic heterocycles. The number of tetrazole rings is 1. The van der Waals surface area contributed by atoms with Gasteiger partial charge in [0.05, 0.1) is 0 Å². The lowest BCUT2D eigenvalue weighted by Gasteiger charge is -1.88. The number of hydrogen-bond donors (Lipinski definition) is 2. The lowest BCUT2D eigenvalue weighted by Crippen LogP contribution is -1.98. The maximum atomic E-state index is 8.38. The highest BCUT2D eigenvalue weighted by atomic mass is 32.1. The highest BCUT2D eigenvalue weighted by molar-refractivity contribution is 7.80. The van der Waals surface area contributed by atoms with Crippen LogP contribution in [0.25, 0.3) is 0 Å². The Kier molecular flexibility index (Phi) is 1.45. The monoisotopic (exact) mass is 132 g/mol. The molecule has 0 spiro atoms. The second-order valence-electron chi connectivity index (χ2n) is 1.12. The minimum Gasteiger partial charge on any atom is -0.374 e. The molecule has 0 aliphatic rings. The molecule has 0 aliphatic carbocycles. The number of hydrogen-bond acceptors (Lipinski definition) is 5. The van der Waals surface area contributed by atoms with Gasteiger partial charge in [-0.3, -0.25) is 0 Å². The van der Waals surface area contributed by atoms with E-state index in [1.165, 1.54) is 0 Å². The Balaban J connectivity index is 2.92. The van der Waals surface area contributed by atoms with Crippen LogP contribution in [-0.4, -0.2) is 25.3 Å². The van der Waals surface area contributed by atoms with Crippen molar-refractivity contribution >= 4 is 12.6 Å². The standard InChI is InChI=1S/C2H4N4OS/c7-1-6-2(8)3-4-5-6/h7H,1H2,(H,3,5,8). The molecule has 8 heavy (non-hydrogen) atoms. The Morgan fingerprint density at radius 3 is 2.75 bits per heavy atom. The lowest BCUT2D eigenvalue weighted by atomic mass is 11.1. The highest BCUT2D eigenvalue weighted by Crippen LogP contribution is 1.93. The van der Waals surface area contributed by atoms with Crippen molar-refractivity contribution in [2.75, 3.05) is 0 Å². The fraction of sp³-hybridized carbons (Fsp3) is 0.500. The van der Waals surface area contributed by atoms with Crippen molar-refractivity contribution in [3.63, 3.8) is 0 Å². The molecular weight excluding hydrogens is 128 g/mol. The van der Waals surface area contributed by atoms with Gasteiger partial charge >= 0.3 is 0 Å². The molecule has 0 bridgehead atoms. The number of rotatable bonds is 1. The Bertz CT molecular complexity index is 174. The normalized spacial score (nSPS) is 9.75. The molecule has 0 saturated carbocycles. The second-order valence-corrected chi connectivity index (χ2v) is 1.52. The van der Waals surface area contributed by atoms with Gasteiger partial charge in [0, 0.05) is 0 Å². The third-order valence-corrected chi connectivity index (χ3v) is 0.967. The molecule has 6 heteroatoms. The summed E-state index contributed by atoms with van der Waals surface area (Å²) in [5.74, 6) is 0. The maximum absolute atomic E-state index is 8.38. The van der Waals surface area contributed by atoms with Crippen LogP contribution in [0.4, 0.5) is 0 Å². The van der Waals surface area contributed by atoms with Gasteiger partial charge < -0.3 is 5.11 Å². The predicted molar refractivity (Wildman–Crippen MR) is 27.3 cm³/mol. The largest absolute Gasteiger partial charge is 0.374 e.